The van der Waals surface area contributed by atoms with E-state index in [1.54, 1.807) is 18.1 Å². The average Bonchev–Trinajstić information content (AvgIpc) is 3.15. The highest BCUT2D eigenvalue weighted by Crippen LogP contribution is 2.33. The number of ether oxygens (including phenoxy) is 3. The summed E-state index contributed by atoms with van der Waals surface area (Å²) in [4.78, 5) is 14.3. The Hall–Kier alpha value is -2.60. The highest BCUT2D eigenvalue weighted by molar-refractivity contribution is 6.30. The molecule has 0 bridgehead atoms. The van der Waals surface area contributed by atoms with Gasteiger partial charge in [-0.15, -0.1) is 0 Å². The summed E-state index contributed by atoms with van der Waals surface area (Å²) in [5.74, 6) is 2.06. The Balaban J connectivity index is 1.68. The Morgan fingerprint density at radius 2 is 1.87 bits per heavy atom. The number of carbonyl (C=O) groups is 1. The van der Waals surface area contributed by atoms with E-state index in [2.05, 4.69) is 5.32 Å². The van der Waals surface area contributed by atoms with Crippen molar-refractivity contribution in [1.29, 1.82) is 0 Å². The van der Waals surface area contributed by atoms with Crippen LogP contribution in [0.3, 0.4) is 0 Å². The molecular weight excluding hydrogens is 404 g/mol. The Morgan fingerprint density at radius 1 is 1.17 bits per heavy atom. The van der Waals surface area contributed by atoms with Gasteiger partial charge >= 0.3 is 6.09 Å². The van der Waals surface area contributed by atoms with Gasteiger partial charge in [0.25, 0.3) is 0 Å². The molecule has 1 amide bonds. The minimum atomic E-state index is -0.507. The third-order valence-corrected chi connectivity index (χ3v) is 5.00. The third-order valence-electron chi connectivity index (χ3n) is 4.76. The predicted molar refractivity (Wildman–Crippen MR) is 119 cm³/mol. The second-order valence-corrected chi connectivity index (χ2v) is 8.71. The highest BCUT2D eigenvalue weighted by Gasteiger charge is 2.32. The number of nitrogens with one attached hydrogen (secondary N) is 1. The number of halogens is 1. The second kappa shape index (κ2) is 9.47. The first-order valence-electron chi connectivity index (χ1n) is 10.1. The number of benzene rings is 2. The molecule has 1 aliphatic rings. The third kappa shape index (κ3) is 5.95. The maximum Gasteiger partial charge on any atom is 0.410 e. The molecule has 1 fully saturated rings. The van der Waals surface area contributed by atoms with Crippen LogP contribution in [-0.4, -0.2) is 42.8 Å². The molecule has 2 aromatic rings. The van der Waals surface area contributed by atoms with Crippen LogP contribution >= 0.6 is 11.6 Å². The number of carbonyl (C=O) groups excluding carboxylic acids is 1. The van der Waals surface area contributed by atoms with Crippen LogP contribution in [0.25, 0.3) is 0 Å². The predicted octanol–water partition coefficient (Wildman–Crippen LogP) is 5.95. The largest absolute Gasteiger partial charge is 0.497 e. The summed E-state index contributed by atoms with van der Waals surface area (Å²) in [6.45, 7) is 6.94. The summed E-state index contributed by atoms with van der Waals surface area (Å²) in [6.07, 6.45) is 1.62. The molecule has 0 aromatic heterocycles. The van der Waals surface area contributed by atoms with Gasteiger partial charge in [0.15, 0.2) is 5.75 Å². The van der Waals surface area contributed by atoms with Gasteiger partial charge in [-0.25, -0.2) is 4.79 Å². The maximum atomic E-state index is 12.5. The van der Waals surface area contributed by atoms with Crippen LogP contribution in [0.1, 0.15) is 33.6 Å². The molecule has 0 spiro atoms. The smallest absolute Gasteiger partial charge is 0.410 e. The van der Waals surface area contributed by atoms with E-state index in [0.29, 0.717) is 29.6 Å². The first-order chi connectivity index (χ1) is 14.2. The van der Waals surface area contributed by atoms with Gasteiger partial charge in [-0.05, 0) is 70.0 Å². The Kier molecular flexibility index (Phi) is 6.98. The number of rotatable bonds is 6. The fourth-order valence-corrected chi connectivity index (χ4v) is 3.50. The Morgan fingerprint density at radius 3 is 2.53 bits per heavy atom. The van der Waals surface area contributed by atoms with E-state index in [0.717, 1.165) is 24.3 Å². The number of hydrogen-bond acceptors (Lipinski definition) is 5. The van der Waals surface area contributed by atoms with Crippen LogP contribution in [0.5, 0.6) is 17.2 Å². The first-order valence-corrected chi connectivity index (χ1v) is 10.5. The van der Waals surface area contributed by atoms with Crippen molar-refractivity contribution in [2.75, 3.05) is 25.5 Å². The molecule has 2 aromatic carbocycles. The molecule has 1 aliphatic heterocycles. The van der Waals surface area contributed by atoms with Gasteiger partial charge in [0, 0.05) is 24.2 Å². The molecule has 1 N–H and O–H groups in total. The normalized spacial score (nSPS) is 16.3. The van der Waals surface area contributed by atoms with Gasteiger partial charge < -0.3 is 24.4 Å². The van der Waals surface area contributed by atoms with E-state index in [9.17, 15) is 4.79 Å². The number of hydrogen-bond donors (Lipinski definition) is 1. The zero-order valence-corrected chi connectivity index (χ0v) is 18.7. The van der Waals surface area contributed by atoms with E-state index in [1.807, 2.05) is 57.2 Å². The van der Waals surface area contributed by atoms with E-state index in [4.69, 9.17) is 25.8 Å². The molecule has 7 heteroatoms. The van der Waals surface area contributed by atoms with Crippen molar-refractivity contribution < 1.29 is 19.0 Å². The van der Waals surface area contributed by atoms with Crippen molar-refractivity contribution in [3.8, 4) is 17.2 Å². The van der Waals surface area contributed by atoms with Gasteiger partial charge in [0.1, 0.15) is 17.1 Å². The summed E-state index contributed by atoms with van der Waals surface area (Å²) in [5, 5.41) is 4.00. The molecule has 0 aliphatic carbocycles. The van der Waals surface area contributed by atoms with Crippen molar-refractivity contribution >= 4 is 23.4 Å². The lowest BCUT2D eigenvalue weighted by Crippen LogP contribution is -2.42. The molecule has 0 saturated carbocycles. The molecule has 162 valence electrons. The fourth-order valence-electron chi connectivity index (χ4n) is 3.33. The molecule has 1 heterocycles. The van der Waals surface area contributed by atoms with E-state index in [1.165, 1.54) is 0 Å². The molecule has 1 unspecified atom stereocenters. The number of likely N-dealkylation sites (tertiary alicyclic amines) is 1. The summed E-state index contributed by atoms with van der Waals surface area (Å²) in [6, 6.07) is 12.9. The topological polar surface area (TPSA) is 60.0 Å². The molecule has 6 nitrogen and oxygen atoms in total. The lowest BCUT2D eigenvalue weighted by Gasteiger charge is -2.29. The molecular formula is C23H29ClN2O4. The van der Waals surface area contributed by atoms with Crippen molar-refractivity contribution in [2.45, 2.75) is 45.3 Å². The monoisotopic (exact) mass is 432 g/mol. The van der Waals surface area contributed by atoms with Crippen molar-refractivity contribution in [3.05, 3.63) is 47.5 Å². The van der Waals surface area contributed by atoms with Gasteiger partial charge in [-0.3, -0.25) is 0 Å². The van der Waals surface area contributed by atoms with Gasteiger partial charge in [0.2, 0.25) is 0 Å². The number of amides is 1. The number of nitrogens with zero attached hydrogens (tertiary/aromatic N) is 1. The zero-order chi connectivity index (χ0) is 21.7. The van der Waals surface area contributed by atoms with Crippen LogP contribution in [0.15, 0.2) is 42.5 Å². The van der Waals surface area contributed by atoms with Gasteiger partial charge in [-0.2, -0.15) is 0 Å². The maximum absolute atomic E-state index is 12.5. The fraction of sp³-hybridized carbons (Fsp3) is 0.435. The molecule has 0 radical (unpaired) electrons. The first kappa shape index (κ1) is 22.1. The Labute approximate surface area is 183 Å². The summed E-state index contributed by atoms with van der Waals surface area (Å²) in [5.41, 5.74) is 0.305. The van der Waals surface area contributed by atoms with Gasteiger partial charge in [0.05, 0.1) is 18.8 Å². The molecule has 30 heavy (non-hydrogen) atoms. The molecule has 3 rings (SSSR count). The van der Waals surface area contributed by atoms with Crippen LogP contribution < -0.4 is 14.8 Å². The Bertz CT molecular complexity index is 864. The highest BCUT2D eigenvalue weighted by atomic mass is 35.5. The summed E-state index contributed by atoms with van der Waals surface area (Å²) in [7, 11) is 1.62. The number of anilines is 1. The molecule has 1 atom stereocenters. The van der Waals surface area contributed by atoms with Crippen LogP contribution in [0.2, 0.25) is 5.02 Å². The quantitative estimate of drug-likeness (QED) is 0.610. The lowest BCUT2D eigenvalue weighted by atomic mass is 10.2. The minimum Gasteiger partial charge on any atom is -0.497 e. The standard InChI is InChI=1S/C23H29ClN2O4/c1-23(2,3)30-22(27)26-13-5-6-17(26)15-25-20-12-7-16(24)14-21(20)29-19-10-8-18(28-4)9-11-19/h7-12,14,17,25H,5-6,13,15H2,1-4H3. The van der Waals surface area contributed by atoms with E-state index < -0.39 is 5.60 Å². The minimum absolute atomic E-state index is 0.0596. The van der Waals surface area contributed by atoms with E-state index in [-0.39, 0.29) is 12.1 Å². The van der Waals surface area contributed by atoms with Crippen LogP contribution in [0.4, 0.5) is 10.5 Å². The van der Waals surface area contributed by atoms with Crippen LogP contribution in [-0.2, 0) is 4.74 Å². The number of methoxy groups -OCH3 is 1. The zero-order valence-electron chi connectivity index (χ0n) is 17.9. The van der Waals surface area contributed by atoms with Crippen molar-refractivity contribution in [3.63, 3.8) is 0 Å². The van der Waals surface area contributed by atoms with Crippen LogP contribution in [0, 0.1) is 0 Å². The summed E-state index contributed by atoms with van der Waals surface area (Å²) < 4.78 is 16.8. The van der Waals surface area contributed by atoms with Crippen molar-refractivity contribution in [2.24, 2.45) is 0 Å². The SMILES string of the molecule is COc1ccc(Oc2cc(Cl)ccc2NCC2CCCN2C(=O)OC(C)(C)C)cc1. The molecule has 1 saturated heterocycles. The van der Waals surface area contributed by atoms with Crippen molar-refractivity contribution in [1.82, 2.24) is 4.90 Å². The average molecular weight is 433 g/mol. The lowest BCUT2D eigenvalue weighted by molar-refractivity contribution is 0.0235. The van der Waals surface area contributed by atoms with Gasteiger partial charge in [-0.1, -0.05) is 11.6 Å². The van der Waals surface area contributed by atoms with E-state index >= 15 is 0 Å². The second-order valence-electron chi connectivity index (χ2n) is 8.27. The summed E-state index contributed by atoms with van der Waals surface area (Å²) >= 11 is 6.19.